The third kappa shape index (κ3) is 8.44. The van der Waals surface area contributed by atoms with E-state index in [1.807, 2.05) is 33.0 Å². The zero-order valence-electron chi connectivity index (χ0n) is 20.7. The molecule has 33 heavy (non-hydrogen) atoms. The SMILES string of the molecule is C.C=C(/C(=C(/C)C(CCC(C)C(=O)CC1CC1)NC)c1ccccc1)c1ccccc1.CC.[HH]. The third-order valence-electron chi connectivity index (χ3n) is 6.38. The average molecular weight is 450 g/mol. The molecule has 0 aromatic heterocycles. The van der Waals surface area contributed by atoms with Crippen LogP contribution in [0.1, 0.15) is 79.8 Å². The fourth-order valence-electron chi connectivity index (χ4n) is 4.17. The van der Waals surface area contributed by atoms with E-state index in [-0.39, 0.29) is 20.8 Å². The summed E-state index contributed by atoms with van der Waals surface area (Å²) in [5, 5.41) is 3.50. The predicted octanol–water partition coefficient (Wildman–Crippen LogP) is 8.46. The first-order valence-corrected chi connectivity index (χ1v) is 12.2. The Bertz CT molecular complexity index is 884. The lowest BCUT2D eigenvalue weighted by atomic mass is 9.85. The minimum atomic E-state index is 0. The highest BCUT2D eigenvalue weighted by Gasteiger charge is 2.27. The molecule has 1 aliphatic rings. The van der Waals surface area contributed by atoms with E-state index in [0.717, 1.165) is 30.4 Å². The van der Waals surface area contributed by atoms with Crippen LogP contribution in [0, 0.1) is 11.8 Å². The van der Waals surface area contributed by atoms with Crippen LogP contribution in [-0.4, -0.2) is 18.9 Å². The molecule has 182 valence electrons. The minimum absolute atomic E-state index is 0. The van der Waals surface area contributed by atoms with Gasteiger partial charge in [-0.05, 0) is 73.4 Å². The van der Waals surface area contributed by atoms with E-state index < -0.39 is 0 Å². The number of allylic oxidation sites excluding steroid dienone is 2. The molecular formula is C31H47NO. The topological polar surface area (TPSA) is 29.1 Å². The molecule has 2 atom stereocenters. The molecule has 0 radical (unpaired) electrons. The Balaban J connectivity index is 0.00000265. The molecule has 0 heterocycles. The van der Waals surface area contributed by atoms with Gasteiger partial charge in [0, 0.05) is 19.8 Å². The summed E-state index contributed by atoms with van der Waals surface area (Å²) in [5.74, 6) is 1.23. The van der Waals surface area contributed by atoms with Gasteiger partial charge in [-0.3, -0.25) is 4.79 Å². The Kier molecular flexibility index (Phi) is 12.7. The van der Waals surface area contributed by atoms with Crippen LogP contribution in [0.15, 0.2) is 72.8 Å². The number of benzene rings is 2. The van der Waals surface area contributed by atoms with Gasteiger partial charge in [-0.15, -0.1) is 0 Å². The van der Waals surface area contributed by atoms with Crippen molar-refractivity contribution >= 4 is 16.9 Å². The average Bonchev–Trinajstić information content (AvgIpc) is 3.66. The summed E-state index contributed by atoms with van der Waals surface area (Å²) in [6.07, 6.45) is 5.11. The second-order valence-electron chi connectivity index (χ2n) is 8.70. The number of carbonyl (C=O) groups is 1. The fraction of sp³-hybridized carbons (Fsp3) is 0.452. The molecule has 2 unspecified atom stereocenters. The van der Waals surface area contributed by atoms with Crippen LogP contribution in [0.3, 0.4) is 0 Å². The lowest BCUT2D eigenvalue weighted by Gasteiger charge is -2.24. The largest absolute Gasteiger partial charge is 0.313 e. The first-order valence-electron chi connectivity index (χ1n) is 12.2. The molecule has 1 fully saturated rings. The maximum Gasteiger partial charge on any atom is 0.135 e. The van der Waals surface area contributed by atoms with Gasteiger partial charge in [-0.1, -0.05) is 95.4 Å². The number of Topliss-reactive ketones (excluding diaryl/α,β-unsaturated/α-hetero) is 1. The quantitative estimate of drug-likeness (QED) is 0.349. The first kappa shape index (κ1) is 28.6. The van der Waals surface area contributed by atoms with Gasteiger partial charge in [0.05, 0.1) is 0 Å². The Morgan fingerprint density at radius 2 is 1.52 bits per heavy atom. The van der Waals surface area contributed by atoms with Crippen LogP contribution < -0.4 is 5.32 Å². The lowest BCUT2D eigenvalue weighted by molar-refractivity contribution is -0.122. The highest BCUT2D eigenvalue weighted by Crippen LogP contribution is 2.36. The van der Waals surface area contributed by atoms with Gasteiger partial charge in [0.15, 0.2) is 0 Å². The van der Waals surface area contributed by atoms with Gasteiger partial charge in [0.1, 0.15) is 5.78 Å². The summed E-state index contributed by atoms with van der Waals surface area (Å²) in [5.41, 5.74) is 5.83. The number of carbonyl (C=O) groups excluding carboxylic acids is 1. The van der Waals surface area contributed by atoms with Crippen LogP contribution in [0.5, 0.6) is 0 Å². The van der Waals surface area contributed by atoms with E-state index in [0.29, 0.717) is 11.7 Å². The third-order valence-corrected chi connectivity index (χ3v) is 6.38. The van der Waals surface area contributed by atoms with E-state index in [1.165, 1.54) is 29.6 Å². The summed E-state index contributed by atoms with van der Waals surface area (Å²) in [4.78, 5) is 12.5. The number of ketones is 1. The van der Waals surface area contributed by atoms with Crippen molar-refractivity contribution in [2.75, 3.05) is 7.05 Å². The van der Waals surface area contributed by atoms with E-state index >= 15 is 0 Å². The molecule has 2 nitrogen and oxygen atoms in total. The molecule has 3 rings (SSSR count). The van der Waals surface area contributed by atoms with E-state index in [4.69, 9.17) is 0 Å². The van der Waals surface area contributed by atoms with Crippen molar-refractivity contribution in [3.05, 3.63) is 83.9 Å². The van der Waals surface area contributed by atoms with Crippen molar-refractivity contribution in [2.24, 2.45) is 11.8 Å². The van der Waals surface area contributed by atoms with E-state index in [2.05, 4.69) is 74.3 Å². The number of rotatable bonds is 11. The molecule has 0 bridgehead atoms. The maximum atomic E-state index is 12.5. The molecule has 1 aliphatic carbocycles. The van der Waals surface area contributed by atoms with Crippen LogP contribution in [0.2, 0.25) is 0 Å². The smallest absolute Gasteiger partial charge is 0.135 e. The van der Waals surface area contributed by atoms with Crippen LogP contribution in [-0.2, 0) is 4.79 Å². The lowest BCUT2D eigenvalue weighted by Crippen LogP contribution is -2.28. The Morgan fingerprint density at radius 3 is 2.00 bits per heavy atom. The summed E-state index contributed by atoms with van der Waals surface area (Å²) in [6, 6.07) is 21.1. The molecule has 2 heteroatoms. The van der Waals surface area contributed by atoms with Crippen molar-refractivity contribution in [3.8, 4) is 0 Å². The van der Waals surface area contributed by atoms with Gasteiger partial charge >= 0.3 is 0 Å². The zero-order valence-corrected chi connectivity index (χ0v) is 20.7. The highest BCUT2D eigenvalue weighted by molar-refractivity contribution is 6.05. The maximum absolute atomic E-state index is 12.5. The monoisotopic (exact) mass is 449 g/mol. The van der Waals surface area contributed by atoms with Crippen LogP contribution in [0.4, 0.5) is 0 Å². The van der Waals surface area contributed by atoms with Gasteiger partial charge in [0.25, 0.3) is 0 Å². The van der Waals surface area contributed by atoms with Crippen molar-refractivity contribution in [2.45, 2.75) is 73.3 Å². The Hall–Kier alpha value is -2.45. The summed E-state index contributed by atoms with van der Waals surface area (Å²) in [7, 11) is 2.01. The second kappa shape index (κ2) is 14.6. The summed E-state index contributed by atoms with van der Waals surface area (Å²) in [6.45, 7) is 12.8. The van der Waals surface area contributed by atoms with Gasteiger partial charge in [-0.2, -0.15) is 0 Å². The standard InChI is InChI=1S/C28H35NO.C2H6.CH4.H2/c1-20(27(30)19-23-16-17-23)15-18-26(29-4)22(3)28(25-13-9-6-10-14-25)21(2)24-11-7-5-8-12-24;1-2;;/h5-14,20,23,26,29H,2,15-19H2,1,3-4H3;1-2H3;1H4;1H/b28-22+;;;. The molecule has 1 saturated carbocycles. The van der Waals surface area contributed by atoms with Gasteiger partial charge in [0.2, 0.25) is 0 Å². The fourth-order valence-corrected chi connectivity index (χ4v) is 4.17. The molecule has 2 aromatic carbocycles. The number of hydrogen-bond acceptors (Lipinski definition) is 2. The van der Waals surface area contributed by atoms with E-state index in [1.54, 1.807) is 0 Å². The Morgan fingerprint density at radius 1 is 1.00 bits per heavy atom. The Labute approximate surface area is 204 Å². The highest BCUT2D eigenvalue weighted by atomic mass is 16.1. The van der Waals surface area contributed by atoms with Crippen molar-refractivity contribution in [1.82, 2.24) is 5.32 Å². The minimum Gasteiger partial charge on any atom is -0.313 e. The molecule has 1 N–H and O–H groups in total. The second-order valence-corrected chi connectivity index (χ2v) is 8.70. The first-order chi connectivity index (χ1) is 15.5. The molecular weight excluding hydrogens is 402 g/mol. The molecule has 0 saturated heterocycles. The van der Waals surface area contributed by atoms with Crippen LogP contribution >= 0.6 is 0 Å². The number of nitrogens with one attached hydrogen (secondary N) is 1. The van der Waals surface area contributed by atoms with Crippen molar-refractivity contribution in [3.63, 3.8) is 0 Å². The van der Waals surface area contributed by atoms with Crippen LogP contribution in [0.25, 0.3) is 11.1 Å². The molecule has 0 spiro atoms. The number of likely N-dealkylation sites (N-methyl/N-ethyl adjacent to an activating group) is 1. The van der Waals surface area contributed by atoms with E-state index in [9.17, 15) is 4.79 Å². The summed E-state index contributed by atoms with van der Waals surface area (Å²) >= 11 is 0. The van der Waals surface area contributed by atoms with Gasteiger partial charge in [-0.25, -0.2) is 0 Å². The van der Waals surface area contributed by atoms with Crippen molar-refractivity contribution < 1.29 is 6.22 Å². The normalized spacial score (nSPS) is 15.2. The van der Waals surface area contributed by atoms with Gasteiger partial charge < -0.3 is 5.32 Å². The predicted molar refractivity (Wildman–Crippen MR) is 148 cm³/mol. The summed E-state index contributed by atoms with van der Waals surface area (Å²) < 4.78 is 0. The zero-order chi connectivity index (χ0) is 23.5. The van der Waals surface area contributed by atoms with Crippen molar-refractivity contribution in [1.29, 1.82) is 0 Å². The molecule has 0 amide bonds. The number of hydrogen-bond donors (Lipinski definition) is 1. The molecule has 2 aromatic rings. The molecule has 0 aliphatic heterocycles.